The Bertz CT molecular complexity index is 1620. The van der Waals surface area contributed by atoms with Crippen LogP contribution in [-0.4, -0.2) is 96.3 Å². The van der Waals surface area contributed by atoms with Crippen molar-refractivity contribution in [3.05, 3.63) is 94.0 Å². The van der Waals surface area contributed by atoms with E-state index in [9.17, 15) is 4.79 Å². The average Bonchev–Trinajstić information content (AvgIpc) is 3.04. The summed E-state index contributed by atoms with van der Waals surface area (Å²) in [6, 6.07) is 19.4. The van der Waals surface area contributed by atoms with Gasteiger partial charge in [-0.05, 0) is 55.3 Å². The van der Waals surface area contributed by atoms with Crippen LogP contribution < -0.4 is 9.47 Å². The molecule has 0 saturated heterocycles. The van der Waals surface area contributed by atoms with Crippen LogP contribution in [0.15, 0.2) is 60.7 Å². The van der Waals surface area contributed by atoms with Crippen molar-refractivity contribution in [3.8, 4) is 35.2 Å². The third-order valence-corrected chi connectivity index (χ3v) is 6.98. The van der Waals surface area contributed by atoms with E-state index < -0.39 is 0 Å². The van der Waals surface area contributed by atoms with Crippen molar-refractivity contribution in [1.82, 2.24) is 0 Å². The lowest BCUT2D eigenvalue weighted by Crippen LogP contribution is -2.36. The molecular formula is C41H54N2O6+2. The Morgan fingerprint density at radius 3 is 1.43 bits per heavy atom. The SMILES string of the molecule is C.CCOC(=O)c1ccc(C#Cc2cc(OCCC[N+](C)(C)C)c(C#Cc3ccc(CC)cc3)cc2OCCC[N+](C)(C)C)cc1.O=C=O. The maximum atomic E-state index is 12.1. The van der Waals surface area contributed by atoms with Crippen molar-refractivity contribution in [1.29, 1.82) is 0 Å². The van der Waals surface area contributed by atoms with E-state index in [1.807, 2.05) is 24.3 Å². The molecule has 0 N–H and O–H groups in total. The Hall–Kier alpha value is -4.85. The molecule has 0 aromatic heterocycles. The number of quaternary nitrogens is 2. The second-order valence-electron chi connectivity index (χ2n) is 13.2. The smallest absolute Gasteiger partial charge is 0.373 e. The summed E-state index contributed by atoms with van der Waals surface area (Å²) in [5.74, 6) is 14.2. The van der Waals surface area contributed by atoms with E-state index in [1.54, 1.807) is 19.1 Å². The molecule has 8 heteroatoms. The van der Waals surface area contributed by atoms with Gasteiger partial charge >= 0.3 is 12.1 Å². The highest BCUT2D eigenvalue weighted by molar-refractivity contribution is 5.89. The van der Waals surface area contributed by atoms with Gasteiger partial charge in [0.05, 0.1) is 91.9 Å². The average molecular weight is 671 g/mol. The van der Waals surface area contributed by atoms with Crippen LogP contribution in [0.25, 0.3) is 0 Å². The number of rotatable bonds is 13. The first kappa shape index (κ1) is 42.2. The lowest BCUT2D eigenvalue weighted by molar-refractivity contribution is -0.870. The molecule has 0 unspecified atom stereocenters. The number of esters is 1. The minimum Gasteiger partial charge on any atom is -0.492 e. The summed E-state index contributed by atoms with van der Waals surface area (Å²) >= 11 is 0. The zero-order valence-electron chi connectivity index (χ0n) is 29.8. The van der Waals surface area contributed by atoms with Crippen molar-refractivity contribution < 1.29 is 37.6 Å². The maximum Gasteiger partial charge on any atom is 0.373 e. The first-order valence-electron chi connectivity index (χ1n) is 16.2. The number of hydrogen-bond acceptors (Lipinski definition) is 6. The normalized spacial score (nSPS) is 10.4. The second kappa shape index (κ2) is 21.2. The van der Waals surface area contributed by atoms with Crippen LogP contribution in [0, 0.1) is 23.7 Å². The lowest BCUT2D eigenvalue weighted by Gasteiger charge is -2.24. The fourth-order valence-electron chi connectivity index (χ4n) is 4.44. The summed E-state index contributed by atoms with van der Waals surface area (Å²) in [5.41, 5.74) is 5.01. The van der Waals surface area contributed by atoms with Gasteiger partial charge < -0.3 is 23.2 Å². The molecule has 3 aromatic rings. The van der Waals surface area contributed by atoms with Gasteiger partial charge in [-0.15, -0.1) is 0 Å². The van der Waals surface area contributed by atoms with E-state index in [-0.39, 0.29) is 19.5 Å². The van der Waals surface area contributed by atoms with Crippen LogP contribution in [0.1, 0.15) is 72.3 Å². The first-order valence-corrected chi connectivity index (χ1v) is 16.2. The summed E-state index contributed by atoms with van der Waals surface area (Å²) in [4.78, 5) is 28.3. The molecule has 0 aliphatic heterocycles. The number of benzene rings is 3. The molecule has 0 spiro atoms. The Morgan fingerprint density at radius 1 is 0.653 bits per heavy atom. The topological polar surface area (TPSA) is 78.9 Å². The summed E-state index contributed by atoms with van der Waals surface area (Å²) in [6.07, 6.45) is 3.05. The summed E-state index contributed by atoms with van der Waals surface area (Å²) < 4.78 is 19.5. The zero-order chi connectivity index (χ0) is 35.6. The number of ether oxygens (including phenoxy) is 3. The van der Waals surface area contributed by atoms with Crippen LogP contribution in [-0.2, 0) is 20.7 Å². The van der Waals surface area contributed by atoms with E-state index >= 15 is 0 Å². The quantitative estimate of drug-likeness (QED) is 0.0930. The highest BCUT2D eigenvalue weighted by Crippen LogP contribution is 2.29. The molecule has 49 heavy (non-hydrogen) atoms. The van der Waals surface area contributed by atoms with Crippen LogP contribution in [0.2, 0.25) is 0 Å². The zero-order valence-corrected chi connectivity index (χ0v) is 29.8. The van der Waals surface area contributed by atoms with Gasteiger partial charge in [-0.2, -0.15) is 9.59 Å². The largest absolute Gasteiger partial charge is 0.492 e. The molecule has 0 fully saturated rings. The van der Waals surface area contributed by atoms with Crippen molar-refractivity contribution in [2.75, 3.05) is 75.2 Å². The standard InChI is InChI=1S/C39H50N2O4.CO2.CH4/c1-9-31-13-15-32(16-14-31)19-23-35-29-38(45-28-12-26-41(6,7)8)36(30-37(35)44-27-11-25-40(3,4)5)24-20-33-17-21-34(22-18-33)39(42)43-10-2;2-1-3;/h13-18,21-22,29-30H,9-12,25-28H2,1-8H3;;1H4/q+2;;. The minimum atomic E-state index is -0.341. The lowest BCUT2D eigenvalue weighted by atomic mass is 10.1. The molecule has 0 aliphatic rings. The number of hydrogen-bond donors (Lipinski definition) is 0. The number of aryl methyl sites for hydroxylation is 1. The molecule has 3 aromatic carbocycles. The minimum absolute atomic E-state index is 0. The summed E-state index contributed by atoms with van der Waals surface area (Å²) in [5, 5.41) is 0. The second-order valence-corrected chi connectivity index (χ2v) is 13.2. The van der Waals surface area contributed by atoms with Crippen LogP contribution in [0.5, 0.6) is 11.5 Å². The predicted molar refractivity (Wildman–Crippen MR) is 194 cm³/mol. The molecule has 3 rings (SSSR count). The van der Waals surface area contributed by atoms with Gasteiger partial charge in [0.2, 0.25) is 0 Å². The molecule has 0 bridgehead atoms. The molecule has 0 amide bonds. The Kier molecular flexibility index (Phi) is 18.2. The van der Waals surface area contributed by atoms with E-state index in [1.165, 1.54) is 5.56 Å². The van der Waals surface area contributed by atoms with E-state index in [4.69, 9.17) is 23.8 Å². The van der Waals surface area contributed by atoms with Crippen molar-refractivity contribution in [2.24, 2.45) is 0 Å². The highest BCUT2D eigenvalue weighted by Gasteiger charge is 2.14. The van der Waals surface area contributed by atoms with Gasteiger partial charge in [0.15, 0.2) is 0 Å². The van der Waals surface area contributed by atoms with E-state index in [2.05, 4.69) is 97.2 Å². The molecule has 0 atom stereocenters. The van der Waals surface area contributed by atoms with Crippen LogP contribution >= 0.6 is 0 Å². The number of carbonyl (C=O) groups excluding carboxylic acids is 3. The van der Waals surface area contributed by atoms with Crippen molar-refractivity contribution >= 4 is 12.1 Å². The fraction of sp³-hybridized carbons (Fsp3) is 0.415. The van der Waals surface area contributed by atoms with Gasteiger partial charge in [-0.3, -0.25) is 0 Å². The molecule has 0 saturated carbocycles. The monoisotopic (exact) mass is 670 g/mol. The fourth-order valence-corrected chi connectivity index (χ4v) is 4.44. The number of carbonyl (C=O) groups is 1. The first-order chi connectivity index (χ1) is 22.8. The molecule has 262 valence electrons. The predicted octanol–water partition coefficient (Wildman–Crippen LogP) is 6.23. The van der Waals surface area contributed by atoms with Gasteiger partial charge in [0.25, 0.3) is 0 Å². The van der Waals surface area contributed by atoms with E-state index in [0.29, 0.717) is 36.9 Å². The highest BCUT2D eigenvalue weighted by atomic mass is 16.5. The Labute approximate surface area is 294 Å². The van der Waals surface area contributed by atoms with Gasteiger partial charge in [-0.1, -0.05) is 50.2 Å². The van der Waals surface area contributed by atoms with E-state index in [0.717, 1.165) is 63.6 Å². The third kappa shape index (κ3) is 16.7. The van der Waals surface area contributed by atoms with Crippen molar-refractivity contribution in [3.63, 3.8) is 0 Å². The summed E-state index contributed by atoms with van der Waals surface area (Å²) in [7, 11) is 13.1. The van der Waals surface area contributed by atoms with Gasteiger partial charge in [0.1, 0.15) is 11.5 Å². The number of nitrogens with zero attached hydrogens (tertiary/aromatic N) is 2. The van der Waals surface area contributed by atoms with Crippen molar-refractivity contribution in [2.45, 2.75) is 40.5 Å². The van der Waals surface area contributed by atoms with Crippen LogP contribution in [0.4, 0.5) is 0 Å². The molecule has 0 aliphatic carbocycles. The van der Waals surface area contributed by atoms with Gasteiger partial charge in [-0.25, -0.2) is 4.79 Å². The summed E-state index contributed by atoms with van der Waals surface area (Å²) in [6.45, 7) is 7.39. The molecular weight excluding hydrogens is 616 g/mol. The van der Waals surface area contributed by atoms with Crippen LogP contribution in [0.3, 0.4) is 0 Å². The Balaban J connectivity index is 0.00000289. The molecule has 0 heterocycles. The Morgan fingerprint density at radius 2 is 1.06 bits per heavy atom. The third-order valence-electron chi connectivity index (χ3n) is 6.98. The molecule has 0 radical (unpaired) electrons. The molecule has 8 nitrogen and oxygen atoms in total. The maximum absolute atomic E-state index is 12.1. The van der Waals surface area contributed by atoms with Gasteiger partial charge in [0, 0.05) is 36.1 Å².